The minimum Gasteiger partial charge on any atom is -0.491 e. The predicted octanol–water partition coefficient (Wildman–Crippen LogP) is 2.82. The summed E-state index contributed by atoms with van der Waals surface area (Å²) in [6.07, 6.45) is 3.49. The fourth-order valence-electron chi connectivity index (χ4n) is 2.74. The van der Waals surface area contributed by atoms with Crippen LogP contribution in [0.25, 0.3) is 0 Å². The van der Waals surface area contributed by atoms with Crippen LogP contribution in [0.2, 0.25) is 0 Å². The molecule has 1 N–H and O–H groups in total. The maximum atomic E-state index is 10.1. The van der Waals surface area contributed by atoms with Gasteiger partial charge in [-0.05, 0) is 43.5 Å². The van der Waals surface area contributed by atoms with Crippen molar-refractivity contribution in [2.45, 2.75) is 25.4 Å². The first kappa shape index (κ1) is 14.8. The first-order valence-corrected chi connectivity index (χ1v) is 7.77. The number of aliphatic hydroxyl groups excluding tert-OH is 1. The van der Waals surface area contributed by atoms with Gasteiger partial charge < -0.3 is 14.3 Å². The van der Waals surface area contributed by atoms with Crippen LogP contribution in [-0.2, 0) is 0 Å². The third-order valence-electron chi connectivity index (χ3n) is 3.80. The van der Waals surface area contributed by atoms with Crippen LogP contribution < -0.4 is 4.74 Å². The lowest BCUT2D eigenvalue weighted by Gasteiger charge is -2.39. The highest BCUT2D eigenvalue weighted by molar-refractivity contribution is 9.10. The predicted molar refractivity (Wildman–Crippen MR) is 80.3 cm³/mol. The van der Waals surface area contributed by atoms with Crippen LogP contribution in [0.5, 0.6) is 5.75 Å². The van der Waals surface area contributed by atoms with Crippen LogP contribution >= 0.6 is 15.9 Å². The summed E-state index contributed by atoms with van der Waals surface area (Å²) in [7, 11) is 2.24. The number of aliphatic hydroxyl groups is 1. The van der Waals surface area contributed by atoms with Crippen LogP contribution in [-0.4, -0.2) is 49.0 Å². The number of piperidine rings is 1. The summed E-state index contributed by atoms with van der Waals surface area (Å²) in [5, 5.41) is 10.1. The molecule has 1 atom stereocenters. The summed E-state index contributed by atoms with van der Waals surface area (Å²) in [6.45, 7) is 3.51. The Kier molecular flexibility index (Phi) is 5.25. The van der Waals surface area contributed by atoms with Crippen LogP contribution in [0, 0.1) is 0 Å². The lowest BCUT2D eigenvalue weighted by atomic mass is 10.1. The summed E-state index contributed by atoms with van der Waals surface area (Å²) < 4.78 is 7.64. The van der Waals surface area contributed by atoms with Gasteiger partial charge >= 0.3 is 0 Å². The smallest absolute Gasteiger partial charge is 0.137 e. The van der Waals surface area contributed by atoms with Gasteiger partial charge in [-0.2, -0.15) is 0 Å². The van der Waals surface area contributed by atoms with E-state index in [4.69, 9.17) is 4.74 Å². The molecule has 1 aromatic rings. The average molecular weight is 329 g/mol. The monoisotopic (exact) mass is 328 g/mol. The second-order valence-electron chi connectivity index (χ2n) is 5.73. The van der Waals surface area contributed by atoms with Gasteiger partial charge in [0.15, 0.2) is 0 Å². The quantitative estimate of drug-likeness (QED) is 0.842. The molecule has 0 amide bonds. The molecule has 2 rings (SSSR count). The lowest BCUT2D eigenvalue weighted by Crippen LogP contribution is -2.52. The molecule has 0 bridgehead atoms. The zero-order chi connectivity index (χ0) is 13.7. The van der Waals surface area contributed by atoms with Gasteiger partial charge in [0.05, 0.1) is 20.1 Å². The van der Waals surface area contributed by atoms with Crippen molar-refractivity contribution in [3.05, 3.63) is 28.7 Å². The van der Waals surface area contributed by atoms with Gasteiger partial charge in [0.1, 0.15) is 25.0 Å². The van der Waals surface area contributed by atoms with E-state index in [1.807, 2.05) is 24.3 Å². The number of likely N-dealkylation sites (N-methyl/N-ethyl adjacent to an activating group) is 1. The van der Waals surface area contributed by atoms with Gasteiger partial charge in [-0.1, -0.05) is 15.9 Å². The van der Waals surface area contributed by atoms with Crippen LogP contribution in [0.3, 0.4) is 0 Å². The van der Waals surface area contributed by atoms with E-state index in [0.717, 1.165) is 21.3 Å². The SMILES string of the molecule is C[N+]1(CC(O)COc2ccc(Br)cc2)CCCCC1. The molecule has 106 valence electrons. The number of rotatable bonds is 5. The number of likely N-dealkylation sites (tertiary alicyclic amines) is 1. The van der Waals surface area contributed by atoms with Crippen molar-refractivity contribution >= 4 is 15.9 Å². The van der Waals surface area contributed by atoms with Gasteiger partial charge in [-0.25, -0.2) is 0 Å². The largest absolute Gasteiger partial charge is 0.491 e. The molecule has 1 aliphatic heterocycles. The van der Waals surface area contributed by atoms with Crippen LogP contribution in [0.4, 0.5) is 0 Å². The van der Waals surface area contributed by atoms with Crippen molar-refractivity contribution in [2.75, 3.05) is 33.3 Å². The van der Waals surface area contributed by atoms with Crippen LogP contribution in [0.1, 0.15) is 19.3 Å². The minimum absolute atomic E-state index is 0.371. The van der Waals surface area contributed by atoms with E-state index in [1.54, 1.807) is 0 Å². The van der Waals surface area contributed by atoms with Crippen molar-refractivity contribution in [2.24, 2.45) is 0 Å². The Morgan fingerprint density at radius 3 is 2.47 bits per heavy atom. The van der Waals surface area contributed by atoms with E-state index >= 15 is 0 Å². The molecule has 4 heteroatoms. The molecule has 0 saturated carbocycles. The fraction of sp³-hybridized carbons (Fsp3) is 0.600. The van der Waals surface area contributed by atoms with E-state index in [2.05, 4.69) is 23.0 Å². The Hall–Kier alpha value is -0.580. The third-order valence-corrected chi connectivity index (χ3v) is 4.33. The number of nitrogens with zero attached hydrogens (tertiary/aromatic N) is 1. The molecule has 0 aromatic heterocycles. The Balaban J connectivity index is 1.77. The summed E-state index contributed by atoms with van der Waals surface area (Å²) in [5.74, 6) is 0.809. The molecule has 19 heavy (non-hydrogen) atoms. The normalized spacial score (nSPS) is 19.9. The first-order valence-electron chi connectivity index (χ1n) is 6.97. The van der Waals surface area contributed by atoms with E-state index in [9.17, 15) is 5.11 Å². The summed E-state index contributed by atoms with van der Waals surface area (Å²) in [5.41, 5.74) is 0. The molecular formula is C15H23BrNO2+. The highest BCUT2D eigenvalue weighted by atomic mass is 79.9. The average Bonchev–Trinajstić information content (AvgIpc) is 2.38. The number of hydrogen-bond donors (Lipinski definition) is 1. The maximum absolute atomic E-state index is 10.1. The maximum Gasteiger partial charge on any atom is 0.137 e. The van der Waals surface area contributed by atoms with Crippen molar-refractivity contribution in [1.29, 1.82) is 0 Å². The van der Waals surface area contributed by atoms with Gasteiger partial charge in [0, 0.05) is 4.47 Å². The summed E-state index contributed by atoms with van der Waals surface area (Å²) in [6, 6.07) is 7.71. The zero-order valence-electron chi connectivity index (χ0n) is 11.5. The highest BCUT2D eigenvalue weighted by Crippen LogP contribution is 2.18. The van der Waals surface area contributed by atoms with E-state index in [-0.39, 0.29) is 0 Å². The number of ether oxygens (including phenoxy) is 1. The van der Waals surface area contributed by atoms with Crippen molar-refractivity contribution < 1.29 is 14.3 Å². The molecule has 3 nitrogen and oxygen atoms in total. The van der Waals surface area contributed by atoms with Crippen molar-refractivity contribution in [3.8, 4) is 5.75 Å². The highest BCUT2D eigenvalue weighted by Gasteiger charge is 2.27. The lowest BCUT2D eigenvalue weighted by molar-refractivity contribution is -0.916. The molecule has 0 spiro atoms. The first-order chi connectivity index (χ1) is 9.07. The van der Waals surface area contributed by atoms with Crippen molar-refractivity contribution in [1.82, 2.24) is 0 Å². The molecule has 1 unspecified atom stereocenters. The van der Waals surface area contributed by atoms with Gasteiger partial charge in [0.2, 0.25) is 0 Å². The summed E-state index contributed by atoms with van der Waals surface area (Å²) >= 11 is 3.39. The van der Waals surface area contributed by atoms with Gasteiger partial charge in [-0.15, -0.1) is 0 Å². The molecule has 1 aliphatic rings. The minimum atomic E-state index is -0.397. The molecule has 0 radical (unpaired) electrons. The van der Waals surface area contributed by atoms with E-state index in [0.29, 0.717) is 6.61 Å². The Morgan fingerprint density at radius 1 is 1.21 bits per heavy atom. The Labute approximate surface area is 123 Å². The zero-order valence-corrected chi connectivity index (χ0v) is 13.1. The Morgan fingerprint density at radius 2 is 1.84 bits per heavy atom. The number of halogens is 1. The summed E-state index contributed by atoms with van der Waals surface area (Å²) in [4.78, 5) is 0. The molecule has 0 aliphatic carbocycles. The number of quaternary nitrogens is 1. The Bertz CT molecular complexity index is 388. The standard InChI is InChI=1S/C15H23BrNO2/c1-17(9-3-2-4-10-17)11-14(18)12-19-15-7-5-13(16)6-8-15/h5-8,14,18H,2-4,9-12H2,1H3/q+1. The second-order valence-corrected chi connectivity index (χ2v) is 6.64. The molecule has 1 heterocycles. The van der Waals surface area contributed by atoms with Crippen molar-refractivity contribution in [3.63, 3.8) is 0 Å². The van der Waals surface area contributed by atoms with E-state index in [1.165, 1.54) is 32.4 Å². The molecule has 1 fully saturated rings. The van der Waals surface area contributed by atoms with Gasteiger partial charge in [0.25, 0.3) is 0 Å². The fourth-order valence-corrected chi connectivity index (χ4v) is 3.01. The number of hydrogen-bond acceptors (Lipinski definition) is 2. The number of benzene rings is 1. The topological polar surface area (TPSA) is 29.5 Å². The van der Waals surface area contributed by atoms with Gasteiger partial charge in [-0.3, -0.25) is 0 Å². The molecule has 1 aromatic carbocycles. The molecule has 1 saturated heterocycles. The molecular weight excluding hydrogens is 306 g/mol. The third kappa shape index (κ3) is 4.79. The van der Waals surface area contributed by atoms with Crippen LogP contribution in [0.15, 0.2) is 28.7 Å². The second kappa shape index (κ2) is 6.73. The van der Waals surface area contributed by atoms with E-state index < -0.39 is 6.10 Å².